The highest BCUT2D eigenvalue weighted by molar-refractivity contribution is 7.22. The molecule has 1 aromatic heterocycles. The van der Waals surface area contributed by atoms with Crippen molar-refractivity contribution in [3.63, 3.8) is 0 Å². The molecule has 0 bridgehead atoms. The van der Waals surface area contributed by atoms with Gasteiger partial charge in [0.1, 0.15) is 0 Å². The van der Waals surface area contributed by atoms with Crippen LogP contribution < -0.4 is 4.90 Å². The van der Waals surface area contributed by atoms with Crippen LogP contribution in [0.5, 0.6) is 0 Å². The van der Waals surface area contributed by atoms with E-state index in [1.165, 1.54) is 11.3 Å². The highest BCUT2D eigenvalue weighted by Gasteiger charge is 2.24. The predicted octanol–water partition coefficient (Wildman–Crippen LogP) is 7.10. The lowest BCUT2D eigenvalue weighted by Crippen LogP contribution is -2.30. The van der Waals surface area contributed by atoms with Crippen LogP contribution >= 0.6 is 46.1 Å². The van der Waals surface area contributed by atoms with Gasteiger partial charge in [0.15, 0.2) is 5.13 Å². The summed E-state index contributed by atoms with van der Waals surface area (Å²) in [6, 6.07) is 20.0. The Morgan fingerprint density at radius 2 is 1.64 bits per heavy atom. The first-order chi connectivity index (χ1) is 13.5. The third-order valence-corrected chi connectivity index (χ3v) is 6.00. The summed E-state index contributed by atoms with van der Waals surface area (Å²) in [5.41, 5.74) is 2.10. The molecule has 1 heterocycles. The van der Waals surface area contributed by atoms with Gasteiger partial charge in [0.2, 0.25) is 0 Å². The van der Waals surface area contributed by atoms with Crippen LogP contribution in [-0.4, -0.2) is 10.9 Å². The second-order valence-corrected chi connectivity index (χ2v) is 8.40. The number of hydrogen-bond donors (Lipinski definition) is 0. The third kappa shape index (κ3) is 4.01. The third-order valence-electron chi connectivity index (χ3n) is 4.16. The molecule has 4 rings (SSSR count). The summed E-state index contributed by atoms with van der Waals surface area (Å²) in [4.78, 5) is 19.6. The van der Waals surface area contributed by atoms with E-state index in [-0.39, 0.29) is 5.91 Å². The Labute approximate surface area is 181 Å². The van der Waals surface area contributed by atoms with E-state index in [4.69, 9.17) is 34.8 Å². The number of amides is 1. The first-order valence-electron chi connectivity index (χ1n) is 8.38. The minimum absolute atomic E-state index is 0.262. The van der Waals surface area contributed by atoms with Crippen molar-refractivity contribution in [3.8, 4) is 0 Å². The van der Waals surface area contributed by atoms with Gasteiger partial charge in [-0.05, 0) is 42.0 Å². The van der Waals surface area contributed by atoms with E-state index in [9.17, 15) is 4.79 Å². The number of halogens is 3. The fourth-order valence-corrected chi connectivity index (χ4v) is 4.41. The second-order valence-electron chi connectivity index (χ2n) is 6.11. The molecule has 0 fully saturated rings. The van der Waals surface area contributed by atoms with Crippen LogP contribution in [0.15, 0.2) is 66.7 Å². The summed E-state index contributed by atoms with van der Waals surface area (Å²) >= 11 is 19.9. The molecule has 0 aliphatic rings. The Morgan fingerprint density at radius 3 is 2.43 bits per heavy atom. The number of anilines is 1. The van der Waals surface area contributed by atoms with Crippen molar-refractivity contribution >= 4 is 67.4 Å². The van der Waals surface area contributed by atoms with Gasteiger partial charge in [-0.3, -0.25) is 9.69 Å². The topological polar surface area (TPSA) is 33.2 Å². The molecule has 7 heteroatoms. The number of nitrogens with zero attached hydrogens (tertiary/aromatic N) is 2. The van der Waals surface area contributed by atoms with Crippen molar-refractivity contribution in [1.29, 1.82) is 0 Å². The van der Waals surface area contributed by atoms with Gasteiger partial charge in [-0.25, -0.2) is 4.98 Å². The highest BCUT2D eigenvalue weighted by Crippen LogP contribution is 2.33. The Hall–Kier alpha value is -2.11. The molecule has 0 aliphatic carbocycles. The average Bonchev–Trinajstić information content (AvgIpc) is 3.11. The minimum Gasteiger partial charge on any atom is -0.279 e. The number of aromatic nitrogens is 1. The zero-order valence-corrected chi connectivity index (χ0v) is 17.5. The Balaban J connectivity index is 1.80. The maximum atomic E-state index is 13.4. The van der Waals surface area contributed by atoms with E-state index in [0.717, 1.165) is 15.8 Å². The Bertz CT molecular complexity index is 1160. The molecule has 0 saturated heterocycles. The maximum Gasteiger partial charge on any atom is 0.261 e. The van der Waals surface area contributed by atoms with Crippen molar-refractivity contribution < 1.29 is 4.79 Å². The van der Waals surface area contributed by atoms with Crippen molar-refractivity contribution in [2.24, 2.45) is 0 Å². The van der Waals surface area contributed by atoms with Crippen molar-refractivity contribution in [2.45, 2.75) is 6.54 Å². The predicted molar refractivity (Wildman–Crippen MR) is 118 cm³/mol. The van der Waals surface area contributed by atoms with Crippen LogP contribution in [0, 0.1) is 0 Å². The molecule has 0 unspecified atom stereocenters. The van der Waals surface area contributed by atoms with Gasteiger partial charge >= 0.3 is 0 Å². The summed E-state index contributed by atoms with van der Waals surface area (Å²) in [5.74, 6) is -0.262. The largest absolute Gasteiger partial charge is 0.279 e. The molecule has 0 saturated carbocycles. The number of thiazole rings is 1. The number of hydrogen-bond acceptors (Lipinski definition) is 3. The van der Waals surface area contributed by atoms with Crippen molar-refractivity contribution in [2.75, 3.05) is 4.90 Å². The molecule has 0 N–H and O–H groups in total. The van der Waals surface area contributed by atoms with Gasteiger partial charge in [-0.15, -0.1) is 0 Å². The fourth-order valence-electron chi connectivity index (χ4n) is 2.80. The SMILES string of the molecule is O=C(c1cc(Cl)ccc1Cl)N(Cc1ccccc1)c1nc2ccc(Cl)cc2s1. The van der Waals surface area contributed by atoms with Gasteiger partial charge in [0.25, 0.3) is 5.91 Å². The Morgan fingerprint density at radius 1 is 0.929 bits per heavy atom. The van der Waals surface area contributed by atoms with Crippen LogP contribution in [-0.2, 0) is 6.54 Å². The van der Waals surface area contributed by atoms with E-state index in [1.807, 2.05) is 42.5 Å². The van der Waals surface area contributed by atoms with Gasteiger partial charge < -0.3 is 0 Å². The first kappa shape index (κ1) is 19.2. The summed E-state index contributed by atoms with van der Waals surface area (Å²) in [6.45, 7) is 0.357. The van der Waals surface area contributed by atoms with Gasteiger partial charge in [0.05, 0.1) is 27.3 Å². The first-order valence-corrected chi connectivity index (χ1v) is 10.3. The van der Waals surface area contributed by atoms with Crippen molar-refractivity contribution in [3.05, 3.63) is 92.9 Å². The van der Waals surface area contributed by atoms with E-state index >= 15 is 0 Å². The van der Waals surface area contributed by atoms with E-state index in [1.54, 1.807) is 29.2 Å². The van der Waals surface area contributed by atoms with Crippen molar-refractivity contribution in [1.82, 2.24) is 4.98 Å². The van der Waals surface area contributed by atoms with Crippen LogP contribution in [0.3, 0.4) is 0 Å². The van der Waals surface area contributed by atoms with Crippen LogP contribution in [0.1, 0.15) is 15.9 Å². The van der Waals surface area contributed by atoms with E-state index in [2.05, 4.69) is 4.98 Å². The molecule has 3 aromatic carbocycles. The molecular weight excluding hydrogens is 435 g/mol. The number of benzene rings is 3. The molecule has 4 aromatic rings. The lowest BCUT2D eigenvalue weighted by molar-refractivity contribution is 0.0985. The van der Waals surface area contributed by atoms with Crippen LogP contribution in [0.2, 0.25) is 15.1 Å². The molecule has 140 valence electrons. The van der Waals surface area contributed by atoms with Gasteiger partial charge in [-0.1, -0.05) is 76.5 Å². The van der Waals surface area contributed by atoms with Gasteiger partial charge in [-0.2, -0.15) is 0 Å². The van der Waals surface area contributed by atoms with E-state index in [0.29, 0.717) is 32.3 Å². The second kappa shape index (κ2) is 8.10. The molecule has 28 heavy (non-hydrogen) atoms. The summed E-state index contributed by atoms with van der Waals surface area (Å²) in [5, 5.41) is 1.99. The molecule has 0 atom stereocenters. The summed E-state index contributed by atoms with van der Waals surface area (Å²) in [6.07, 6.45) is 0. The number of fused-ring (bicyclic) bond motifs is 1. The zero-order valence-electron chi connectivity index (χ0n) is 14.4. The number of carbonyl (C=O) groups excluding carboxylic acids is 1. The molecule has 1 amide bonds. The zero-order chi connectivity index (χ0) is 19.7. The van der Waals surface area contributed by atoms with E-state index < -0.39 is 0 Å². The number of rotatable bonds is 4. The summed E-state index contributed by atoms with van der Waals surface area (Å²) < 4.78 is 0.908. The quantitative estimate of drug-likeness (QED) is 0.334. The van der Waals surface area contributed by atoms with Crippen LogP contribution in [0.25, 0.3) is 10.2 Å². The average molecular weight is 448 g/mol. The fraction of sp³-hybridized carbons (Fsp3) is 0.0476. The Kier molecular flexibility index (Phi) is 5.56. The molecule has 0 aliphatic heterocycles. The molecule has 3 nitrogen and oxygen atoms in total. The lowest BCUT2D eigenvalue weighted by atomic mass is 10.1. The molecular formula is C21H13Cl3N2OS. The molecule has 0 radical (unpaired) electrons. The van der Waals surface area contributed by atoms with Gasteiger partial charge in [0, 0.05) is 10.0 Å². The molecule has 0 spiro atoms. The smallest absolute Gasteiger partial charge is 0.261 e. The lowest BCUT2D eigenvalue weighted by Gasteiger charge is -2.21. The normalized spacial score (nSPS) is 11.0. The number of carbonyl (C=O) groups is 1. The minimum atomic E-state index is -0.262. The summed E-state index contributed by atoms with van der Waals surface area (Å²) in [7, 11) is 0. The highest BCUT2D eigenvalue weighted by atomic mass is 35.5. The maximum absolute atomic E-state index is 13.4. The van der Waals surface area contributed by atoms with Crippen LogP contribution in [0.4, 0.5) is 5.13 Å². The monoisotopic (exact) mass is 446 g/mol. The standard InChI is InChI=1S/C21H13Cl3N2OS/c22-14-6-8-17(24)16(10-14)20(27)26(12-13-4-2-1-3-5-13)21-25-18-9-7-15(23)11-19(18)28-21/h1-11H,12H2.